The van der Waals surface area contributed by atoms with E-state index in [0.29, 0.717) is 17.7 Å². The van der Waals surface area contributed by atoms with Crippen LogP contribution in [0.3, 0.4) is 0 Å². The second-order valence-corrected chi connectivity index (χ2v) is 8.84. The van der Waals surface area contributed by atoms with Gasteiger partial charge >= 0.3 is 5.97 Å². The molecule has 2 aliphatic rings. The van der Waals surface area contributed by atoms with Crippen LogP contribution in [0.25, 0.3) is 0 Å². The van der Waals surface area contributed by atoms with E-state index in [0.717, 1.165) is 0 Å². The van der Waals surface area contributed by atoms with Crippen molar-refractivity contribution in [2.45, 2.75) is 38.8 Å². The first-order valence-electron chi connectivity index (χ1n) is 11.5. The Balaban J connectivity index is 1.89. The van der Waals surface area contributed by atoms with Gasteiger partial charge in [-0.1, -0.05) is 38.1 Å². The van der Waals surface area contributed by atoms with E-state index >= 15 is 0 Å². The third-order valence-corrected chi connectivity index (χ3v) is 6.14. The van der Waals surface area contributed by atoms with Crippen molar-refractivity contribution in [3.05, 3.63) is 82.7 Å². The van der Waals surface area contributed by atoms with Gasteiger partial charge in [0.05, 0.1) is 18.2 Å². The highest BCUT2D eigenvalue weighted by molar-refractivity contribution is 5.96. The quantitative estimate of drug-likeness (QED) is 0.637. The van der Waals surface area contributed by atoms with E-state index in [-0.39, 0.29) is 18.0 Å². The molecule has 0 aromatic heterocycles. The van der Waals surface area contributed by atoms with Gasteiger partial charge in [-0.15, -0.1) is 0 Å². The Morgan fingerprint density at radius 1 is 1.14 bits per heavy atom. The zero-order valence-electron chi connectivity index (χ0n) is 19.7. The molecule has 2 aromatic rings. The van der Waals surface area contributed by atoms with Gasteiger partial charge in [-0.25, -0.2) is 8.78 Å². The average molecular weight is 484 g/mol. The van der Waals surface area contributed by atoms with Gasteiger partial charge in [-0.3, -0.25) is 14.6 Å². The summed E-state index contributed by atoms with van der Waals surface area (Å²) >= 11 is 0. The molecular formula is C26H27F2N3O4. The summed E-state index contributed by atoms with van der Waals surface area (Å²) in [6.07, 6.45) is -0.213. The number of piperazine rings is 1. The number of halogens is 2. The van der Waals surface area contributed by atoms with E-state index in [1.165, 1.54) is 35.5 Å². The third kappa shape index (κ3) is 4.81. The Kier molecular flexibility index (Phi) is 6.98. The molecule has 184 valence electrons. The predicted molar refractivity (Wildman–Crippen MR) is 125 cm³/mol. The lowest BCUT2D eigenvalue weighted by molar-refractivity contribution is -0.145. The number of hydrazone groups is 1. The van der Waals surface area contributed by atoms with E-state index in [1.54, 1.807) is 49.9 Å². The van der Waals surface area contributed by atoms with Crippen molar-refractivity contribution in [3.8, 4) is 0 Å². The molecule has 0 saturated carbocycles. The van der Waals surface area contributed by atoms with Crippen LogP contribution in [0.1, 0.15) is 37.8 Å². The van der Waals surface area contributed by atoms with Crippen LogP contribution in [-0.4, -0.2) is 58.3 Å². The van der Waals surface area contributed by atoms with Crippen LogP contribution in [0.15, 0.2) is 65.1 Å². The van der Waals surface area contributed by atoms with Crippen molar-refractivity contribution in [1.82, 2.24) is 9.91 Å². The Morgan fingerprint density at radius 2 is 1.74 bits per heavy atom. The molecule has 4 rings (SSSR count). The van der Waals surface area contributed by atoms with Crippen LogP contribution in [0.2, 0.25) is 0 Å². The van der Waals surface area contributed by atoms with Gasteiger partial charge in [0, 0.05) is 19.0 Å². The van der Waals surface area contributed by atoms with Crippen LogP contribution >= 0.6 is 0 Å². The number of benzene rings is 2. The molecule has 0 aliphatic carbocycles. The maximum Gasteiger partial charge on any atom is 0.313 e. The maximum atomic E-state index is 14.3. The summed E-state index contributed by atoms with van der Waals surface area (Å²) in [5, 5.41) is 16.3. The fourth-order valence-corrected chi connectivity index (χ4v) is 4.40. The second kappa shape index (κ2) is 9.95. The van der Waals surface area contributed by atoms with Crippen molar-refractivity contribution in [2.75, 3.05) is 13.1 Å². The fraction of sp³-hybridized carbons (Fsp3) is 0.346. The van der Waals surface area contributed by atoms with E-state index in [9.17, 15) is 23.5 Å². The molecule has 9 heteroatoms. The number of rotatable bonds is 6. The number of aliphatic hydroxyl groups is 1. The second-order valence-electron chi connectivity index (χ2n) is 8.84. The normalized spacial score (nSPS) is 20.1. The number of ether oxygens (including phenoxy) is 1. The van der Waals surface area contributed by atoms with Crippen molar-refractivity contribution in [1.29, 1.82) is 0 Å². The highest BCUT2D eigenvalue weighted by atomic mass is 19.1. The number of likely N-dealkylation sites (N-methyl/N-ethyl adjacent to an activating group) is 1. The lowest BCUT2D eigenvalue weighted by Gasteiger charge is -2.45. The Hall–Kier alpha value is -3.59. The van der Waals surface area contributed by atoms with Gasteiger partial charge in [0.1, 0.15) is 11.6 Å². The standard InChI is InChI=1S/C26H27F2N3O4/c1-4-30-14-20(22(16-7-5-9-18(27)11-16)17-8-6-10-19(28)12-17)31-23(25(30)33)24(21(32)13-29-31)35-26(34)15(2)3/h5-13,15,20-22,32H,4,14H2,1-3H3. The summed E-state index contributed by atoms with van der Waals surface area (Å²) in [4.78, 5) is 27.3. The summed E-state index contributed by atoms with van der Waals surface area (Å²) in [6.45, 7) is 5.60. The minimum absolute atomic E-state index is 0.0649. The molecule has 2 atom stereocenters. The number of hydrogen-bond acceptors (Lipinski definition) is 6. The SMILES string of the molecule is CCN1CC(C(c2cccc(F)c2)c2cccc(F)c2)N2N=CC(O)C(OC(=O)C(C)C)=C2C1=O. The zero-order valence-corrected chi connectivity index (χ0v) is 19.7. The van der Waals surface area contributed by atoms with Gasteiger partial charge in [0.15, 0.2) is 17.6 Å². The third-order valence-electron chi connectivity index (χ3n) is 6.14. The lowest BCUT2D eigenvalue weighted by atomic mass is 9.83. The summed E-state index contributed by atoms with van der Waals surface area (Å²) < 4.78 is 34.0. The van der Waals surface area contributed by atoms with Gasteiger partial charge in [-0.05, 0) is 42.3 Å². The van der Waals surface area contributed by atoms with Gasteiger partial charge < -0.3 is 14.7 Å². The molecule has 1 saturated heterocycles. The molecule has 7 nitrogen and oxygen atoms in total. The highest BCUT2D eigenvalue weighted by Crippen LogP contribution is 2.39. The topological polar surface area (TPSA) is 82.4 Å². The molecule has 35 heavy (non-hydrogen) atoms. The molecule has 2 aromatic carbocycles. The number of carbonyl (C=O) groups excluding carboxylic acids is 2. The molecule has 0 radical (unpaired) electrons. The summed E-state index contributed by atoms with van der Waals surface area (Å²) in [6, 6.07) is 11.4. The van der Waals surface area contributed by atoms with Crippen LogP contribution in [0.5, 0.6) is 0 Å². The first kappa shape index (κ1) is 24.5. The first-order chi connectivity index (χ1) is 16.7. The van der Waals surface area contributed by atoms with E-state index in [4.69, 9.17) is 4.74 Å². The van der Waals surface area contributed by atoms with Crippen LogP contribution in [-0.2, 0) is 14.3 Å². The minimum Gasteiger partial charge on any atom is -0.425 e. The molecule has 0 bridgehead atoms. The molecule has 0 spiro atoms. The van der Waals surface area contributed by atoms with Crippen molar-refractivity contribution >= 4 is 18.1 Å². The smallest absolute Gasteiger partial charge is 0.313 e. The van der Waals surface area contributed by atoms with Gasteiger partial charge in [0.2, 0.25) is 0 Å². The maximum absolute atomic E-state index is 14.3. The monoisotopic (exact) mass is 483 g/mol. The summed E-state index contributed by atoms with van der Waals surface area (Å²) in [7, 11) is 0. The minimum atomic E-state index is -1.40. The summed E-state index contributed by atoms with van der Waals surface area (Å²) in [5.41, 5.74) is 1.06. The van der Waals surface area contributed by atoms with Crippen LogP contribution < -0.4 is 0 Å². The molecule has 2 unspecified atom stereocenters. The number of amides is 1. The molecule has 2 aliphatic heterocycles. The molecule has 2 heterocycles. The van der Waals surface area contributed by atoms with Gasteiger partial charge in [0.25, 0.3) is 5.91 Å². The molecule has 1 N–H and O–H groups in total. The highest BCUT2D eigenvalue weighted by Gasteiger charge is 2.46. The number of aliphatic hydroxyl groups excluding tert-OH is 1. The number of hydrogen-bond donors (Lipinski definition) is 1. The first-order valence-corrected chi connectivity index (χ1v) is 11.5. The zero-order chi connectivity index (χ0) is 25.3. The number of nitrogens with zero attached hydrogens (tertiary/aromatic N) is 3. The van der Waals surface area contributed by atoms with Gasteiger partial charge in [-0.2, -0.15) is 5.10 Å². The van der Waals surface area contributed by atoms with Crippen LogP contribution in [0.4, 0.5) is 8.78 Å². The molecular weight excluding hydrogens is 456 g/mol. The predicted octanol–water partition coefficient (Wildman–Crippen LogP) is 3.40. The fourth-order valence-electron chi connectivity index (χ4n) is 4.40. The number of esters is 1. The Morgan fingerprint density at radius 3 is 2.26 bits per heavy atom. The average Bonchev–Trinajstić information content (AvgIpc) is 2.82. The van der Waals surface area contributed by atoms with E-state index in [1.807, 2.05) is 0 Å². The Labute approximate surface area is 202 Å². The number of fused-ring (bicyclic) bond motifs is 1. The van der Waals surface area contributed by atoms with Crippen LogP contribution in [0, 0.1) is 17.6 Å². The van der Waals surface area contributed by atoms with Crippen molar-refractivity contribution in [2.24, 2.45) is 11.0 Å². The van der Waals surface area contributed by atoms with E-state index in [2.05, 4.69) is 5.10 Å². The van der Waals surface area contributed by atoms with Crippen molar-refractivity contribution in [3.63, 3.8) is 0 Å². The molecule has 1 amide bonds. The Bertz CT molecular complexity index is 1150. The summed E-state index contributed by atoms with van der Waals surface area (Å²) in [5.74, 6) is -3.27. The number of carbonyl (C=O) groups is 2. The largest absolute Gasteiger partial charge is 0.425 e. The van der Waals surface area contributed by atoms with Crippen molar-refractivity contribution < 1.29 is 28.2 Å². The lowest BCUT2D eigenvalue weighted by Crippen LogP contribution is -2.57. The molecule has 1 fully saturated rings. The van der Waals surface area contributed by atoms with E-state index < -0.39 is 47.5 Å².